The van der Waals surface area contributed by atoms with E-state index < -0.39 is 0 Å². The summed E-state index contributed by atoms with van der Waals surface area (Å²) >= 11 is 3.02. The smallest absolute Gasteiger partial charge is 0.263 e. The molecule has 0 saturated heterocycles. The van der Waals surface area contributed by atoms with E-state index in [0.717, 1.165) is 6.42 Å². The van der Waals surface area contributed by atoms with Crippen molar-refractivity contribution in [2.24, 2.45) is 0 Å². The molecule has 3 aromatic rings. The highest BCUT2D eigenvalue weighted by molar-refractivity contribution is 7.17. The van der Waals surface area contributed by atoms with Crippen LogP contribution < -0.4 is 5.32 Å². The molecule has 0 aliphatic heterocycles. The van der Waals surface area contributed by atoms with Crippen molar-refractivity contribution >= 4 is 28.6 Å². The van der Waals surface area contributed by atoms with Gasteiger partial charge in [-0.05, 0) is 30.9 Å². The summed E-state index contributed by atoms with van der Waals surface area (Å²) in [5.41, 5.74) is 0.709. The number of thiazole rings is 1. The highest BCUT2D eigenvalue weighted by Crippen LogP contribution is 2.24. The van der Waals surface area contributed by atoms with E-state index >= 15 is 0 Å². The van der Waals surface area contributed by atoms with Gasteiger partial charge in [-0.1, -0.05) is 6.07 Å². The van der Waals surface area contributed by atoms with Gasteiger partial charge in [-0.3, -0.25) is 4.79 Å². The average molecular weight is 330 g/mol. The second kappa shape index (κ2) is 6.76. The summed E-state index contributed by atoms with van der Waals surface area (Å²) in [6.07, 6.45) is 4.18. The van der Waals surface area contributed by atoms with Crippen molar-refractivity contribution in [3.63, 3.8) is 0 Å². The number of hydrogen-bond acceptors (Lipinski definition) is 6. The van der Waals surface area contributed by atoms with Gasteiger partial charge in [0.05, 0.1) is 5.69 Å². The van der Waals surface area contributed by atoms with Gasteiger partial charge in [-0.15, -0.1) is 22.7 Å². The average Bonchev–Trinajstić information content (AvgIpc) is 3.17. The Morgan fingerprint density at radius 3 is 2.82 bits per heavy atom. The first kappa shape index (κ1) is 14.8. The Morgan fingerprint density at radius 1 is 1.27 bits per heavy atom. The Hall–Kier alpha value is -2.12. The van der Waals surface area contributed by atoms with E-state index in [1.54, 1.807) is 29.8 Å². The highest BCUT2D eigenvalue weighted by Gasteiger charge is 2.17. The maximum absolute atomic E-state index is 12.3. The largest absolute Gasteiger partial charge is 0.351 e. The molecular weight excluding hydrogens is 316 g/mol. The third-order valence-electron chi connectivity index (χ3n) is 3.00. The summed E-state index contributed by atoms with van der Waals surface area (Å²) in [6, 6.07) is 5.84. The number of carbonyl (C=O) groups is 1. The molecule has 3 rings (SSSR count). The molecule has 3 heterocycles. The van der Waals surface area contributed by atoms with Crippen LogP contribution in [0.4, 0.5) is 0 Å². The maximum Gasteiger partial charge on any atom is 0.263 e. The van der Waals surface area contributed by atoms with Gasteiger partial charge in [0, 0.05) is 23.8 Å². The summed E-state index contributed by atoms with van der Waals surface area (Å²) in [7, 11) is 0. The number of rotatable bonds is 5. The minimum Gasteiger partial charge on any atom is -0.351 e. The molecule has 0 unspecified atom stereocenters. The zero-order valence-corrected chi connectivity index (χ0v) is 13.6. The highest BCUT2D eigenvalue weighted by atomic mass is 32.1. The van der Waals surface area contributed by atoms with Gasteiger partial charge in [-0.2, -0.15) is 0 Å². The molecule has 5 nitrogen and oxygen atoms in total. The van der Waals surface area contributed by atoms with Crippen molar-refractivity contribution in [3.8, 4) is 10.8 Å². The third kappa shape index (κ3) is 3.37. The van der Waals surface area contributed by atoms with Gasteiger partial charge in [0.2, 0.25) is 0 Å². The Morgan fingerprint density at radius 2 is 2.09 bits per heavy atom. The predicted molar refractivity (Wildman–Crippen MR) is 88.2 cm³/mol. The van der Waals surface area contributed by atoms with E-state index in [9.17, 15) is 4.79 Å². The molecule has 7 heteroatoms. The first-order chi connectivity index (χ1) is 10.7. The van der Waals surface area contributed by atoms with E-state index in [2.05, 4.69) is 26.3 Å². The summed E-state index contributed by atoms with van der Waals surface area (Å²) in [4.78, 5) is 26.9. The van der Waals surface area contributed by atoms with Crippen molar-refractivity contribution in [2.45, 2.75) is 13.3 Å². The van der Waals surface area contributed by atoms with Crippen molar-refractivity contribution in [1.29, 1.82) is 0 Å². The van der Waals surface area contributed by atoms with Crippen LogP contribution in [0.25, 0.3) is 10.8 Å². The molecule has 0 aromatic carbocycles. The minimum absolute atomic E-state index is 0.0891. The summed E-state index contributed by atoms with van der Waals surface area (Å²) in [5.74, 6) is 0.460. The molecule has 0 radical (unpaired) electrons. The van der Waals surface area contributed by atoms with Crippen molar-refractivity contribution in [1.82, 2.24) is 20.3 Å². The molecule has 0 fully saturated rings. The van der Waals surface area contributed by atoms with E-state index in [-0.39, 0.29) is 5.91 Å². The molecule has 0 aliphatic carbocycles. The van der Waals surface area contributed by atoms with Crippen LogP contribution in [0.2, 0.25) is 0 Å². The van der Waals surface area contributed by atoms with E-state index in [0.29, 0.717) is 27.9 Å². The monoisotopic (exact) mass is 330 g/mol. The van der Waals surface area contributed by atoms with Crippen LogP contribution in [-0.2, 0) is 6.42 Å². The fourth-order valence-electron chi connectivity index (χ4n) is 1.95. The number of aromatic nitrogens is 3. The lowest BCUT2D eigenvalue weighted by molar-refractivity contribution is 0.0957. The van der Waals surface area contributed by atoms with Crippen LogP contribution in [-0.4, -0.2) is 27.4 Å². The number of thiophene rings is 1. The van der Waals surface area contributed by atoms with Gasteiger partial charge >= 0.3 is 0 Å². The molecule has 1 N–H and O–H groups in total. The second-order valence-corrected chi connectivity index (χ2v) is 6.62. The lowest BCUT2D eigenvalue weighted by Crippen LogP contribution is -2.25. The van der Waals surface area contributed by atoms with Gasteiger partial charge in [0.1, 0.15) is 4.88 Å². The number of aryl methyl sites for hydroxylation is 1. The number of nitrogens with one attached hydrogen (secondary N) is 1. The molecular formula is C15H14N4OS2. The molecule has 1 amide bonds. The van der Waals surface area contributed by atoms with Crippen molar-refractivity contribution < 1.29 is 4.79 Å². The molecule has 0 atom stereocenters. The quantitative estimate of drug-likeness (QED) is 0.781. The Kier molecular flexibility index (Phi) is 4.55. The Labute approximate surface area is 136 Å². The first-order valence-electron chi connectivity index (χ1n) is 6.79. The number of nitrogens with zero attached hydrogens (tertiary/aromatic N) is 3. The van der Waals surface area contributed by atoms with E-state index in [4.69, 9.17) is 0 Å². The maximum atomic E-state index is 12.3. The number of hydrogen-bond donors (Lipinski definition) is 1. The second-order valence-electron chi connectivity index (χ2n) is 4.59. The molecule has 0 bridgehead atoms. The van der Waals surface area contributed by atoms with Crippen LogP contribution in [0, 0.1) is 6.92 Å². The standard InChI is InChI=1S/C15H14N4OS2/c1-10-12(14(20)18-8-5-11-4-2-9-21-11)22-15(19-10)13-16-6-3-7-17-13/h2-4,6-7,9H,5,8H2,1H3,(H,18,20). The first-order valence-corrected chi connectivity index (χ1v) is 8.49. The molecule has 3 aromatic heterocycles. The van der Waals surface area contributed by atoms with Gasteiger partial charge in [0.25, 0.3) is 5.91 Å². The van der Waals surface area contributed by atoms with Crippen LogP contribution in [0.1, 0.15) is 20.2 Å². The number of carbonyl (C=O) groups excluding carboxylic acids is 1. The van der Waals surface area contributed by atoms with E-state index in [1.807, 2.05) is 18.4 Å². The van der Waals surface area contributed by atoms with Gasteiger partial charge in [0.15, 0.2) is 10.8 Å². The lowest BCUT2D eigenvalue weighted by atomic mass is 10.3. The third-order valence-corrected chi connectivity index (χ3v) is 5.09. The fourth-order valence-corrected chi connectivity index (χ4v) is 3.59. The Bertz CT molecular complexity index is 753. The molecule has 0 spiro atoms. The van der Waals surface area contributed by atoms with Crippen LogP contribution in [0.5, 0.6) is 0 Å². The zero-order valence-electron chi connectivity index (χ0n) is 11.9. The normalized spacial score (nSPS) is 10.6. The summed E-state index contributed by atoms with van der Waals surface area (Å²) in [6.45, 7) is 2.45. The minimum atomic E-state index is -0.0891. The summed E-state index contributed by atoms with van der Waals surface area (Å²) < 4.78 is 0. The van der Waals surface area contributed by atoms with Gasteiger partial charge < -0.3 is 5.32 Å². The molecule has 0 aliphatic rings. The summed E-state index contributed by atoms with van der Waals surface area (Å²) in [5, 5.41) is 5.65. The fraction of sp³-hybridized carbons (Fsp3) is 0.200. The zero-order chi connectivity index (χ0) is 15.4. The van der Waals surface area contributed by atoms with Crippen LogP contribution >= 0.6 is 22.7 Å². The molecule has 112 valence electrons. The van der Waals surface area contributed by atoms with Crippen molar-refractivity contribution in [2.75, 3.05) is 6.54 Å². The lowest BCUT2D eigenvalue weighted by Gasteiger charge is -2.02. The van der Waals surface area contributed by atoms with Crippen LogP contribution in [0.15, 0.2) is 36.0 Å². The molecule has 0 saturated carbocycles. The Balaban J connectivity index is 1.66. The topological polar surface area (TPSA) is 67.8 Å². The van der Waals surface area contributed by atoms with Crippen LogP contribution in [0.3, 0.4) is 0 Å². The predicted octanol–water partition coefficient (Wildman–Crippen LogP) is 2.94. The van der Waals surface area contributed by atoms with Crippen molar-refractivity contribution in [3.05, 3.63) is 51.4 Å². The number of amides is 1. The van der Waals surface area contributed by atoms with Gasteiger partial charge in [-0.25, -0.2) is 15.0 Å². The van der Waals surface area contributed by atoms with E-state index in [1.165, 1.54) is 16.2 Å². The molecule has 22 heavy (non-hydrogen) atoms. The SMILES string of the molecule is Cc1nc(-c2ncccn2)sc1C(=O)NCCc1cccs1.